The van der Waals surface area contributed by atoms with Crippen LogP contribution in [0.1, 0.15) is 5.56 Å². The molecule has 0 aliphatic rings. The zero-order chi connectivity index (χ0) is 22.0. The van der Waals surface area contributed by atoms with E-state index in [4.69, 9.17) is 0 Å². The number of hydrogen-bond acceptors (Lipinski definition) is 5. The zero-order valence-electron chi connectivity index (χ0n) is 16.9. The van der Waals surface area contributed by atoms with E-state index >= 15 is 0 Å². The zero-order valence-corrected chi connectivity index (χ0v) is 19.3. The molecule has 4 rings (SSSR count). The predicted octanol–water partition coefficient (Wildman–Crippen LogP) is 3.74. The number of nitrogens with zero attached hydrogens (tertiary/aromatic N) is 5. The number of para-hydroxylation sites is 1. The number of thioether (sulfide) groups is 1. The second kappa shape index (κ2) is 9.07. The van der Waals surface area contributed by atoms with Gasteiger partial charge in [0.15, 0.2) is 5.16 Å². The summed E-state index contributed by atoms with van der Waals surface area (Å²) in [5, 5.41) is 9.62. The number of hydrogen-bond donors (Lipinski definition) is 0. The van der Waals surface area contributed by atoms with E-state index in [0.29, 0.717) is 34.9 Å². The van der Waals surface area contributed by atoms with E-state index in [1.807, 2.05) is 46.9 Å². The van der Waals surface area contributed by atoms with E-state index in [2.05, 4.69) is 32.7 Å². The van der Waals surface area contributed by atoms with Gasteiger partial charge in [0.2, 0.25) is 11.7 Å². The summed E-state index contributed by atoms with van der Waals surface area (Å²) in [6.07, 6.45) is 1.65. The number of benzene rings is 2. The van der Waals surface area contributed by atoms with Gasteiger partial charge in [-0.25, -0.2) is 0 Å². The highest BCUT2D eigenvalue weighted by Crippen LogP contribution is 2.23. The number of amides is 1. The Labute approximate surface area is 191 Å². The standard InChI is InChI=1S/C22H20BrN5O2S/c1-3-12-27-20(30)16-9-5-7-11-18(16)28-21(27)24-25-22(28)31-14-19(29)26(2)13-15-8-4-6-10-17(15)23/h3-11H,1,12-14H2,2H3. The molecular weight excluding hydrogens is 478 g/mol. The summed E-state index contributed by atoms with van der Waals surface area (Å²) in [4.78, 5) is 27.3. The molecule has 0 saturated carbocycles. The minimum Gasteiger partial charge on any atom is -0.341 e. The normalized spacial score (nSPS) is 11.2. The maximum atomic E-state index is 12.9. The summed E-state index contributed by atoms with van der Waals surface area (Å²) in [6, 6.07) is 15.2. The lowest BCUT2D eigenvalue weighted by molar-refractivity contribution is -0.127. The first-order valence-electron chi connectivity index (χ1n) is 9.59. The van der Waals surface area contributed by atoms with Crippen LogP contribution in [0, 0.1) is 0 Å². The molecule has 0 saturated heterocycles. The van der Waals surface area contributed by atoms with Crippen molar-refractivity contribution in [2.45, 2.75) is 18.2 Å². The molecule has 0 radical (unpaired) electrons. The van der Waals surface area contributed by atoms with Gasteiger partial charge >= 0.3 is 0 Å². The molecule has 7 nitrogen and oxygen atoms in total. The van der Waals surface area contributed by atoms with Crippen LogP contribution in [0.25, 0.3) is 16.7 Å². The van der Waals surface area contributed by atoms with Crippen molar-refractivity contribution in [1.29, 1.82) is 0 Å². The molecule has 158 valence electrons. The first kappa shape index (κ1) is 21.3. The number of rotatable bonds is 7. The summed E-state index contributed by atoms with van der Waals surface area (Å²) in [5.41, 5.74) is 1.61. The lowest BCUT2D eigenvalue weighted by Crippen LogP contribution is -2.28. The van der Waals surface area contributed by atoms with E-state index in [-0.39, 0.29) is 17.2 Å². The van der Waals surface area contributed by atoms with Gasteiger partial charge in [-0.2, -0.15) is 0 Å². The minimum atomic E-state index is -0.142. The highest BCUT2D eigenvalue weighted by Gasteiger charge is 2.18. The van der Waals surface area contributed by atoms with Crippen molar-refractivity contribution in [1.82, 2.24) is 24.1 Å². The van der Waals surface area contributed by atoms with Crippen LogP contribution in [0.4, 0.5) is 0 Å². The minimum absolute atomic E-state index is 0.0266. The van der Waals surface area contributed by atoms with Gasteiger partial charge in [-0.1, -0.05) is 64.1 Å². The summed E-state index contributed by atoms with van der Waals surface area (Å²) < 4.78 is 4.33. The van der Waals surface area contributed by atoms with Crippen LogP contribution in [0.5, 0.6) is 0 Å². The Morgan fingerprint density at radius 3 is 2.71 bits per heavy atom. The molecule has 2 heterocycles. The van der Waals surface area contributed by atoms with Gasteiger partial charge in [-0.3, -0.25) is 18.6 Å². The Bertz CT molecular complexity index is 1350. The predicted molar refractivity (Wildman–Crippen MR) is 126 cm³/mol. The van der Waals surface area contributed by atoms with Gasteiger partial charge in [-0.05, 0) is 23.8 Å². The van der Waals surface area contributed by atoms with Gasteiger partial charge in [0.1, 0.15) is 0 Å². The van der Waals surface area contributed by atoms with E-state index in [1.165, 1.54) is 16.3 Å². The van der Waals surface area contributed by atoms with Crippen molar-refractivity contribution in [3.63, 3.8) is 0 Å². The number of fused-ring (bicyclic) bond motifs is 3. The van der Waals surface area contributed by atoms with Crippen molar-refractivity contribution < 1.29 is 4.79 Å². The van der Waals surface area contributed by atoms with Crippen LogP contribution in [0.3, 0.4) is 0 Å². The first-order chi connectivity index (χ1) is 15.0. The smallest absolute Gasteiger partial charge is 0.263 e. The Hall–Kier alpha value is -2.91. The third kappa shape index (κ3) is 4.15. The fraction of sp³-hybridized carbons (Fsp3) is 0.182. The number of carbonyl (C=O) groups is 1. The van der Waals surface area contributed by atoms with Gasteiger partial charge in [0.25, 0.3) is 5.56 Å². The quantitative estimate of drug-likeness (QED) is 0.287. The second-order valence-corrected chi connectivity index (χ2v) is 8.77. The Balaban J connectivity index is 1.62. The van der Waals surface area contributed by atoms with Crippen LogP contribution < -0.4 is 5.56 Å². The van der Waals surface area contributed by atoms with Crippen molar-refractivity contribution in [3.05, 3.63) is 81.6 Å². The number of carbonyl (C=O) groups excluding carboxylic acids is 1. The SMILES string of the molecule is C=CCn1c(=O)c2ccccc2n2c(SCC(=O)N(C)Cc3ccccc3Br)nnc12. The lowest BCUT2D eigenvalue weighted by atomic mass is 10.2. The Kier molecular flexibility index (Phi) is 6.24. The van der Waals surface area contributed by atoms with Crippen LogP contribution in [-0.2, 0) is 17.9 Å². The third-order valence-electron chi connectivity index (χ3n) is 4.91. The van der Waals surface area contributed by atoms with E-state index in [0.717, 1.165) is 10.0 Å². The Morgan fingerprint density at radius 2 is 1.94 bits per heavy atom. The van der Waals surface area contributed by atoms with Gasteiger partial charge in [-0.15, -0.1) is 16.8 Å². The highest BCUT2D eigenvalue weighted by atomic mass is 79.9. The lowest BCUT2D eigenvalue weighted by Gasteiger charge is -2.17. The van der Waals surface area contributed by atoms with Gasteiger partial charge < -0.3 is 4.90 Å². The molecule has 0 aliphatic heterocycles. The summed E-state index contributed by atoms with van der Waals surface area (Å²) in [6.45, 7) is 4.56. The summed E-state index contributed by atoms with van der Waals surface area (Å²) in [7, 11) is 1.78. The first-order valence-corrected chi connectivity index (χ1v) is 11.4. The maximum absolute atomic E-state index is 12.9. The molecular formula is C22H20BrN5O2S. The van der Waals surface area contributed by atoms with E-state index < -0.39 is 0 Å². The summed E-state index contributed by atoms with van der Waals surface area (Å²) in [5.74, 6) is 0.609. The second-order valence-electron chi connectivity index (χ2n) is 6.97. The van der Waals surface area contributed by atoms with Crippen LogP contribution in [-0.4, -0.2) is 42.8 Å². The molecule has 31 heavy (non-hydrogen) atoms. The molecule has 0 unspecified atom stereocenters. The van der Waals surface area contributed by atoms with E-state index in [9.17, 15) is 9.59 Å². The fourth-order valence-corrected chi connectivity index (χ4v) is 4.62. The van der Waals surface area contributed by atoms with Crippen LogP contribution in [0.2, 0.25) is 0 Å². The summed E-state index contributed by atoms with van der Waals surface area (Å²) >= 11 is 4.82. The van der Waals surface area contributed by atoms with Crippen LogP contribution in [0.15, 0.2) is 75.6 Å². The average Bonchev–Trinajstić information content (AvgIpc) is 3.20. The molecule has 0 atom stereocenters. The molecule has 0 fully saturated rings. The van der Waals surface area contributed by atoms with Crippen molar-refractivity contribution in [2.75, 3.05) is 12.8 Å². The number of allylic oxidation sites excluding steroid dienone is 1. The van der Waals surface area contributed by atoms with Crippen molar-refractivity contribution >= 4 is 50.3 Å². The monoisotopic (exact) mass is 497 g/mol. The topological polar surface area (TPSA) is 72.5 Å². The average molecular weight is 498 g/mol. The Morgan fingerprint density at radius 1 is 1.19 bits per heavy atom. The van der Waals surface area contributed by atoms with Crippen molar-refractivity contribution in [3.8, 4) is 0 Å². The molecule has 1 amide bonds. The molecule has 2 aromatic carbocycles. The molecule has 0 N–H and O–H groups in total. The maximum Gasteiger partial charge on any atom is 0.263 e. The van der Waals surface area contributed by atoms with Crippen LogP contribution >= 0.6 is 27.7 Å². The van der Waals surface area contributed by atoms with Gasteiger partial charge in [0, 0.05) is 24.6 Å². The molecule has 0 bridgehead atoms. The molecule has 0 spiro atoms. The molecule has 2 aromatic heterocycles. The molecule has 4 aromatic rings. The highest BCUT2D eigenvalue weighted by molar-refractivity contribution is 9.10. The van der Waals surface area contributed by atoms with Gasteiger partial charge in [0.05, 0.1) is 16.7 Å². The number of aromatic nitrogens is 4. The largest absolute Gasteiger partial charge is 0.341 e. The molecule has 9 heteroatoms. The third-order valence-corrected chi connectivity index (χ3v) is 6.59. The van der Waals surface area contributed by atoms with Crippen molar-refractivity contribution in [2.24, 2.45) is 0 Å². The fourth-order valence-electron chi connectivity index (χ4n) is 3.33. The number of halogens is 1. The van der Waals surface area contributed by atoms with E-state index in [1.54, 1.807) is 24.1 Å². The molecule has 0 aliphatic carbocycles.